The van der Waals surface area contributed by atoms with Crippen molar-refractivity contribution in [2.24, 2.45) is 0 Å². The summed E-state index contributed by atoms with van der Waals surface area (Å²) in [5, 5.41) is 0.572. The van der Waals surface area contributed by atoms with E-state index < -0.39 is 0 Å². The maximum atomic E-state index is 11.6. The monoisotopic (exact) mass is 266 g/mol. The average Bonchev–Trinajstić information content (AvgIpc) is 2.48. The molecule has 2 aromatic carbocycles. The lowest BCUT2D eigenvalue weighted by molar-refractivity contribution is 0.322. The van der Waals surface area contributed by atoms with Gasteiger partial charge in [-0.3, -0.25) is 4.79 Å². The molecular formula is C17H14O3. The van der Waals surface area contributed by atoms with Gasteiger partial charge in [0.1, 0.15) is 11.3 Å². The van der Waals surface area contributed by atoms with E-state index in [1.165, 1.54) is 17.9 Å². The lowest BCUT2D eigenvalue weighted by Crippen LogP contribution is -2.02. The maximum Gasteiger partial charge on any atom is 0.192 e. The molecule has 0 aliphatic rings. The lowest BCUT2D eigenvalue weighted by atomic mass is 10.2. The van der Waals surface area contributed by atoms with E-state index in [1.54, 1.807) is 18.2 Å². The van der Waals surface area contributed by atoms with Crippen LogP contribution in [0.5, 0.6) is 5.75 Å². The van der Waals surface area contributed by atoms with Crippen LogP contribution in [-0.2, 0) is 6.42 Å². The van der Waals surface area contributed by atoms with Crippen LogP contribution < -0.4 is 10.2 Å². The van der Waals surface area contributed by atoms with Gasteiger partial charge in [-0.15, -0.1) is 0 Å². The van der Waals surface area contributed by atoms with Gasteiger partial charge in [0.2, 0.25) is 0 Å². The molecule has 0 saturated heterocycles. The first kappa shape index (κ1) is 12.5. The molecule has 0 aliphatic heterocycles. The van der Waals surface area contributed by atoms with E-state index in [9.17, 15) is 4.79 Å². The third-order valence-electron chi connectivity index (χ3n) is 3.14. The summed E-state index contributed by atoms with van der Waals surface area (Å²) in [6.07, 6.45) is 2.25. The maximum absolute atomic E-state index is 11.6. The van der Waals surface area contributed by atoms with E-state index in [1.807, 2.05) is 18.2 Å². The van der Waals surface area contributed by atoms with Gasteiger partial charge in [0.25, 0.3) is 0 Å². The smallest absolute Gasteiger partial charge is 0.192 e. The predicted octanol–water partition coefficient (Wildman–Crippen LogP) is 3.41. The molecule has 0 fully saturated rings. The lowest BCUT2D eigenvalue weighted by Gasteiger charge is -2.06. The molecule has 3 nitrogen and oxygen atoms in total. The Labute approximate surface area is 116 Å². The molecule has 0 saturated carbocycles. The molecule has 1 aromatic heterocycles. The zero-order valence-corrected chi connectivity index (χ0v) is 10.9. The fourth-order valence-corrected chi connectivity index (χ4v) is 2.08. The van der Waals surface area contributed by atoms with Crippen molar-refractivity contribution in [3.05, 3.63) is 76.6 Å². The summed E-state index contributed by atoms with van der Waals surface area (Å²) in [4.78, 5) is 11.6. The van der Waals surface area contributed by atoms with Crippen LogP contribution in [0.2, 0.25) is 0 Å². The number of hydrogen-bond acceptors (Lipinski definition) is 3. The third-order valence-corrected chi connectivity index (χ3v) is 3.14. The Balaban J connectivity index is 1.70. The average molecular weight is 266 g/mol. The summed E-state index contributed by atoms with van der Waals surface area (Å²) in [5.74, 6) is 0.711. The second-order valence-corrected chi connectivity index (χ2v) is 4.53. The summed E-state index contributed by atoms with van der Waals surface area (Å²) in [5.41, 5.74) is 1.75. The molecule has 0 unspecified atom stereocenters. The van der Waals surface area contributed by atoms with Crippen LogP contribution in [0, 0.1) is 0 Å². The predicted molar refractivity (Wildman–Crippen MR) is 78.1 cm³/mol. The molecule has 0 bridgehead atoms. The summed E-state index contributed by atoms with van der Waals surface area (Å²) in [6, 6.07) is 16.9. The molecule has 100 valence electrons. The van der Waals surface area contributed by atoms with Crippen molar-refractivity contribution in [3.63, 3.8) is 0 Å². The quantitative estimate of drug-likeness (QED) is 0.726. The van der Waals surface area contributed by atoms with E-state index in [-0.39, 0.29) is 5.43 Å². The first-order chi connectivity index (χ1) is 9.83. The van der Waals surface area contributed by atoms with Gasteiger partial charge < -0.3 is 9.15 Å². The van der Waals surface area contributed by atoms with Gasteiger partial charge in [0, 0.05) is 18.6 Å². The minimum atomic E-state index is -0.0397. The molecule has 0 aliphatic carbocycles. The summed E-state index contributed by atoms with van der Waals surface area (Å²) in [6.45, 7) is 0.590. The van der Waals surface area contributed by atoms with Crippen LogP contribution in [0.1, 0.15) is 5.56 Å². The first-order valence-corrected chi connectivity index (χ1v) is 6.51. The number of fused-ring (bicyclic) bond motifs is 1. The van der Waals surface area contributed by atoms with Crippen LogP contribution in [-0.4, -0.2) is 6.61 Å². The molecule has 3 heteroatoms. The van der Waals surface area contributed by atoms with Crippen molar-refractivity contribution >= 4 is 11.0 Å². The zero-order chi connectivity index (χ0) is 13.8. The van der Waals surface area contributed by atoms with Crippen molar-refractivity contribution in [1.29, 1.82) is 0 Å². The molecule has 0 spiro atoms. The van der Waals surface area contributed by atoms with E-state index in [4.69, 9.17) is 9.15 Å². The van der Waals surface area contributed by atoms with Crippen molar-refractivity contribution in [2.75, 3.05) is 6.61 Å². The Morgan fingerprint density at radius 1 is 1.00 bits per heavy atom. The van der Waals surface area contributed by atoms with Crippen molar-refractivity contribution in [2.45, 2.75) is 6.42 Å². The van der Waals surface area contributed by atoms with Gasteiger partial charge in [-0.05, 0) is 17.7 Å². The summed E-state index contributed by atoms with van der Waals surface area (Å²) >= 11 is 0. The second kappa shape index (κ2) is 5.61. The standard InChI is InChI=1S/C17H14O3/c18-16-9-11-20-17-12-14(6-7-15(16)17)19-10-8-13-4-2-1-3-5-13/h1-7,9,11-12H,8,10H2. The van der Waals surface area contributed by atoms with E-state index >= 15 is 0 Å². The number of hydrogen-bond donors (Lipinski definition) is 0. The van der Waals surface area contributed by atoms with Gasteiger partial charge in [0.05, 0.1) is 18.3 Å². The molecule has 3 rings (SSSR count). The minimum absolute atomic E-state index is 0.0397. The van der Waals surface area contributed by atoms with Crippen LogP contribution in [0.25, 0.3) is 11.0 Å². The SMILES string of the molecule is O=c1ccoc2cc(OCCc3ccccc3)ccc12. The Morgan fingerprint density at radius 3 is 2.70 bits per heavy atom. The molecule has 0 amide bonds. The Hall–Kier alpha value is -2.55. The summed E-state index contributed by atoms with van der Waals surface area (Å²) < 4.78 is 11.0. The Kier molecular flexibility index (Phi) is 3.50. The second-order valence-electron chi connectivity index (χ2n) is 4.53. The Bertz CT molecular complexity index is 760. The van der Waals surface area contributed by atoms with Crippen molar-refractivity contribution in [3.8, 4) is 5.75 Å². The van der Waals surface area contributed by atoms with Crippen LogP contribution in [0.3, 0.4) is 0 Å². The molecule has 20 heavy (non-hydrogen) atoms. The first-order valence-electron chi connectivity index (χ1n) is 6.51. The number of rotatable bonds is 4. The minimum Gasteiger partial charge on any atom is -0.493 e. The molecule has 0 atom stereocenters. The molecule has 0 N–H and O–H groups in total. The van der Waals surface area contributed by atoms with Crippen LogP contribution in [0.15, 0.2) is 70.1 Å². The van der Waals surface area contributed by atoms with E-state index in [0.717, 1.165) is 6.42 Å². The highest BCUT2D eigenvalue weighted by molar-refractivity contribution is 5.77. The highest BCUT2D eigenvalue weighted by Crippen LogP contribution is 2.18. The van der Waals surface area contributed by atoms with Gasteiger partial charge in [-0.2, -0.15) is 0 Å². The molecule has 0 radical (unpaired) electrons. The molecule has 1 heterocycles. The largest absolute Gasteiger partial charge is 0.493 e. The van der Waals surface area contributed by atoms with E-state index in [2.05, 4.69) is 12.1 Å². The topological polar surface area (TPSA) is 39.4 Å². The third kappa shape index (κ3) is 2.72. The Morgan fingerprint density at radius 2 is 1.85 bits per heavy atom. The summed E-state index contributed by atoms with van der Waals surface area (Å²) in [7, 11) is 0. The number of ether oxygens (including phenoxy) is 1. The van der Waals surface area contributed by atoms with Gasteiger partial charge in [0.15, 0.2) is 5.43 Å². The van der Waals surface area contributed by atoms with Crippen LogP contribution >= 0.6 is 0 Å². The fourth-order valence-electron chi connectivity index (χ4n) is 2.08. The van der Waals surface area contributed by atoms with Crippen molar-refractivity contribution < 1.29 is 9.15 Å². The van der Waals surface area contributed by atoms with Gasteiger partial charge in [-0.1, -0.05) is 30.3 Å². The number of benzene rings is 2. The van der Waals surface area contributed by atoms with Gasteiger partial charge in [-0.25, -0.2) is 0 Å². The highest BCUT2D eigenvalue weighted by atomic mass is 16.5. The van der Waals surface area contributed by atoms with E-state index in [0.29, 0.717) is 23.3 Å². The van der Waals surface area contributed by atoms with Gasteiger partial charge >= 0.3 is 0 Å². The van der Waals surface area contributed by atoms with Crippen molar-refractivity contribution in [1.82, 2.24) is 0 Å². The zero-order valence-electron chi connectivity index (χ0n) is 10.9. The molecular weight excluding hydrogens is 252 g/mol. The normalized spacial score (nSPS) is 10.6. The highest BCUT2D eigenvalue weighted by Gasteiger charge is 2.02. The molecule has 3 aromatic rings. The van der Waals surface area contributed by atoms with Crippen LogP contribution in [0.4, 0.5) is 0 Å². The fraction of sp³-hybridized carbons (Fsp3) is 0.118.